The van der Waals surface area contributed by atoms with Crippen LogP contribution in [-0.4, -0.2) is 69.1 Å². The van der Waals surface area contributed by atoms with Crippen LogP contribution in [0.1, 0.15) is 34.6 Å². The summed E-state index contributed by atoms with van der Waals surface area (Å²) < 4.78 is 38.3. The Morgan fingerprint density at radius 1 is 0.881 bits per heavy atom. The summed E-state index contributed by atoms with van der Waals surface area (Å²) in [6, 6.07) is 18.0. The number of benzene rings is 2. The van der Waals surface area contributed by atoms with Crippen molar-refractivity contribution in [2.24, 2.45) is 0 Å². The lowest BCUT2D eigenvalue weighted by atomic mass is 9.71. The van der Waals surface area contributed by atoms with Crippen molar-refractivity contribution in [1.82, 2.24) is 14.9 Å². The van der Waals surface area contributed by atoms with E-state index in [9.17, 15) is 5.11 Å². The molecule has 0 saturated carbocycles. The molecule has 0 saturated heterocycles. The third-order valence-corrected chi connectivity index (χ3v) is 7.48. The molecule has 0 aliphatic heterocycles. The quantitative estimate of drug-likeness (QED) is 0.234. The maximum atomic E-state index is 16.3. The van der Waals surface area contributed by atoms with Gasteiger partial charge < -0.3 is 29.0 Å². The molecule has 4 rings (SSSR count). The fraction of sp³-hybridized carbons (Fsp3) is 0.333. The van der Waals surface area contributed by atoms with Gasteiger partial charge in [0.2, 0.25) is 17.6 Å². The first-order valence-electron chi connectivity index (χ1n) is 13.6. The van der Waals surface area contributed by atoms with Crippen LogP contribution in [0, 0.1) is 12.7 Å². The molecular weight excluding hydrogens is 537 g/mol. The van der Waals surface area contributed by atoms with Gasteiger partial charge in [0, 0.05) is 41.6 Å². The molecule has 2 heterocycles. The molecule has 0 fully saturated rings. The summed E-state index contributed by atoms with van der Waals surface area (Å²) in [5.41, 5.74) is 2.24. The molecule has 1 N–H and O–H groups in total. The van der Waals surface area contributed by atoms with E-state index in [2.05, 4.69) is 9.97 Å². The van der Waals surface area contributed by atoms with Crippen LogP contribution in [0.5, 0.6) is 23.4 Å². The van der Waals surface area contributed by atoms with Gasteiger partial charge in [0.05, 0.1) is 34.4 Å². The first kappa shape index (κ1) is 30.7. The number of hydrogen-bond acceptors (Lipinski definition) is 8. The maximum absolute atomic E-state index is 16.3. The number of hydrogen-bond donors (Lipinski definition) is 1. The molecule has 0 aliphatic rings. The molecule has 2 atom stereocenters. The molecule has 8 nitrogen and oxygen atoms in total. The van der Waals surface area contributed by atoms with Crippen LogP contribution in [0.3, 0.4) is 0 Å². The summed E-state index contributed by atoms with van der Waals surface area (Å²) in [6.45, 7) is 2.49. The van der Waals surface area contributed by atoms with Crippen LogP contribution in [0.25, 0.3) is 11.1 Å². The number of aliphatic hydroxyl groups is 1. The van der Waals surface area contributed by atoms with Crippen molar-refractivity contribution >= 4 is 0 Å². The van der Waals surface area contributed by atoms with E-state index < -0.39 is 17.3 Å². The van der Waals surface area contributed by atoms with Crippen molar-refractivity contribution < 1.29 is 28.4 Å². The monoisotopic (exact) mass is 575 g/mol. The molecule has 2 aromatic carbocycles. The van der Waals surface area contributed by atoms with Gasteiger partial charge in [0.25, 0.3) is 0 Å². The van der Waals surface area contributed by atoms with E-state index in [1.807, 2.05) is 56.3 Å². The van der Waals surface area contributed by atoms with Crippen LogP contribution >= 0.6 is 0 Å². The van der Waals surface area contributed by atoms with Gasteiger partial charge in [-0.05, 0) is 56.3 Å². The molecule has 42 heavy (non-hydrogen) atoms. The normalized spacial score (nSPS) is 13.4. The summed E-state index contributed by atoms with van der Waals surface area (Å²) in [7, 11) is 9.72. The van der Waals surface area contributed by atoms with Gasteiger partial charge in [-0.1, -0.05) is 36.4 Å². The number of aromatic nitrogens is 2. The predicted octanol–water partition coefficient (Wildman–Crippen LogP) is 5.60. The Kier molecular flexibility index (Phi) is 9.65. The molecule has 2 aromatic heterocycles. The standard InChI is InChI=1S/C33H38FN3O5/c1-21-11-8-9-12-24(21)22-17-26(32(42-7)35-20-22)30(25-13-10-14-27(39-4)31(25)34)33(38,15-16-37(2)3)23-18-28(40-5)36-29(19-23)41-6/h8-14,17-20,30,38H,15-16H2,1-7H3. The third-order valence-electron chi connectivity index (χ3n) is 7.48. The van der Waals surface area contributed by atoms with E-state index >= 15 is 4.39 Å². The van der Waals surface area contributed by atoms with Crippen LogP contribution in [0.4, 0.5) is 4.39 Å². The van der Waals surface area contributed by atoms with Crippen molar-refractivity contribution in [3.05, 3.63) is 94.9 Å². The summed E-state index contributed by atoms with van der Waals surface area (Å²) in [6.07, 6.45) is 1.93. The fourth-order valence-electron chi connectivity index (χ4n) is 5.27. The van der Waals surface area contributed by atoms with Crippen molar-refractivity contribution in [2.45, 2.75) is 24.9 Å². The molecular formula is C33H38FN3O5. The van der Waals surface area contributed by atoms with E-state index in [0.29, 0.717) is 17.7 Å². The molecule has 0 bridgehead atoms. The third kappa shape index (κ3) is 6.17. The Hall–Kier alpha value is -4.21. The zero-order chi connectivity index (χ0) is 30.4. The minimum absolute atomic E-state index is 0.0549. The minimum atomic E-state index is -1.72. The van der Waals surface area contributed by atoms with Gasteiger partial charge >= 0.3 is 0 Å². The molecule has 0 amide bonds. The largest absolute Gasteiger partial charge is 0.494 e. The SMILES string of the molecule is COc1cc(C(O)(CCN(C)C)C(c2cc(-c3ccccc3C)cnc2OC)c2cccc(OC)c2F)cc(OC)n1. The zero-order valence-electron chi connectivity index (χ0n) is 25.1. The first-order valence-corrected chi connectivity index (χ1v) is 13.6. The van der Waals surface area contributed by atoms with Gasteiger partial charge in [-0.15, -0.1) is 0 Å². The smallest absolute Gasteiger partial charge is 0.217 e. The minimum Gasteiger partial charge on any atom is -0.494 e. The molecule has 2 unspecified atom stereocenters. The zero-order valence-corrected chi connectivity index (χ0v) is 25.1. The van der Waals surface area contributed by atoms with E-state index in [4.69, 9.17) is 18.9 Å². The molecule has 4 aromatic rings. The highest BCUT2D eigenvalue weighted by Gasteiger charge is 2.44. The summed E-state index contributed by atoms with van der Waals surface area (Å²) in [4.78, 5) is 10.9. The Morgan fingerprint density at radius 2 is 1.57 bits per heavy atom. The highest BCUT2D eigenvalue weighted by atomic mass is 19.1. The second-order valence-electron chi connectivity index (χ2n) is 10.4. The van der Waals surface area contributed by atoms with Crippen LogP contribution in [0.15, 0.2) is 66.9 Å². The molecule has 9 heteroatoms. The van der Waals surface area contributed by atoms with Gasteiger partial charge in [-0.3, -0.25) is 0 Å². The number of halogens is 1. The van der Waals surface area contributed by atoms with Gasteiger partial charge in [-0.25, -0.2) is 9.37 Å². The molecule has 0 aliphatic carbocycles. The topological polar surface area (TPSA) is 86.2 Å². The predicted molar refractivity (Wildman–Crippen MR) is 160 cm³/mol. The Bertz CT molecular complexity index is 1510. The van der Waals surface area contributed by atoms with E-state index in [1.54, 1.807) is 36.5 Å². The summed E-state index contributed by atoms with van der Waals surface area (Å²) in [5.74, 6) is -0.789. The lowest BCUT2D eigenvalue weighted by molar-refractivity contribution is 0.00229. The lowest BCUT2D eigenvalue weighted by Crippen LogP contribution is -2.38. The van der Waals surface area contributed by atoms with Gasteiger partial charge in [0.15, 0.2) is 11.6 Å². The average Bonchev–Trinajstić information content (AvgIpc) is 3.00. The summed E-state index contributed by atoms with van der Waals surface area (Å²) in [5, 5.41) is 13.0. The molecule has 0 radical (unpaired) electrons. The van der Waals surface area contributed by atoms with Crippen LogP contribution in [0.2, 0.25) is 0 Å². The Balaban J connectivity index is 2.11. The lowest BCUT2D eigenvalue weighted by Gasteiger charge is -2.39. The number of pyridine rings is 2. The van der Waals surface area contributed by atoms with Crippen molar-refractivity contribution in [3.63, 3.8) is 0 Å². The van der Waals surface area contributed by atoms with E-state index in [0.717, 1.165) is 16.7 Å². The number of methoxy groups -OCH3 is 4. The second-order valence-corrected chi connectivity index (χ2v) is 10.4. The molecule has 0 spiro atoms. The summed E-state index contributed by atoms with van der Waals surface area (Å²) >= 11 is 0. The fourth-order valence-corrected chi connectivity index (χ4v) is 5.27. The second kappa shape index (κ2) is 13.2. The van der Waals surface area contributed by atoms with Gasteiger partial charge in [0.1, 0.15) is 5.60 Å². The highest BCUT2D eigenvalue weighted by molar-refractivity contribution is 5.68. The van der Waals surface area contributed by atoms with Gasteiger partial charge in [-0.2, -0.15) is 4.98 Å². The number of nitrogens with zero attached hydrogens (tertiary/aromatic N) is 3. The highest BCUT2D eigenvalue weighted by Crippen LogP contribution is 2.49. The van der Waals surface area contributed by atoms with Crippen molar-refractivity contribution in [1.29, 1.82) is 0 Å². The maximum Gasteiger partial charge on any atom is 0.217 e. The van der Waals surface area contributed by atoms with Crippen molar-refractivity contribution in [3.8, 4) is 34.5 Å². The average molecular weight is 576 g/mol. The molecule has 222 valence electrons. The van der Waals surface area contributed by atoms with Crippen LogP contribution < -0.4 is 18.9 Å². The van der Waals surface area contributed by atoms with Crippen LogP contribution in [-0.2, 0) is 5.60 Å². The number of ether oxygens (including phenoxy) is 4. The Labute approximate surface area is 246 Å². The number of aryl methyl sites for hydroxylation is 1. The van der Waals surface area contributed by atoms with Crippen molar-refractivity contribution in [2.75, 3.05) is 49.1 Å². The van der Waals surface area contributed by atoms with E-state index in [-0.39, 0.29) is 35.4 Å². The first-order chi connectivity index (χ1) is 20.2. The number of rotatable bonds is 12. The van der Waals surface area contributed by atoms with E-state index in [1.165, 1.54) is 28.4 Å². The Morgan fingerprint density at radius 3 is 2.17 bits per heavy atom.